The summed E-state index contributed by atoms with van der Waals surface area (Å²) < 4.78 is 0. The van der Waals surface area contributed by atoms with E-state index >= 15 is 0 Å². The summed E-state index contributed by atoms with van der Waals surface area (Å²) in [4.78, 5) is 13.7. The lowest BCUT2D eigenvalue weighted by Gasteiger charge is -2.16. The molecule has 0 fully saturated rings. The minimum atomic E-state index is 0.0803. The molecule has 1 rings (SSSR count). The maximum atomic E-state index is 11.9. The topological polar surface area (TPSA) is 32.3 Å². The van der Waals surface area contributed by atoms with Crippen LogP contribution in [0.25, 0.3) is 0 Å². The Bertz CT molecular complexity index is 337. The highest BCUT2D eigenvalue weighted by atomic mass is 32.2. The van der Waals surface area contributed by atoms with E-state index in [1.807, 2.05) is 44.6 Å². The molecule has 16 heavy (non-hydrogen) atoms. The Balaban J connectivity index is 2.64. The van der Waals surface area contributed by atoms with Gasteiger partial charge in [-0.1, -0.05) is 0 Å². The lowest BCUT2D eigenvalue weighted by molar-refractivity contribution is 0.0804. The number of hydrogen-bond donors (Lipinski definition) is 1. The van der Waals surface area contributed by atoms with Gasteiger partial charge in [0, 0.05) is 37.6 Å². The number of benzene rings is 1. The molecule has 1 aromatic rings. The fraction of sp³-hybridized carbons (Fsp3) is 0.417. The Morgan fingerprint density at radius 3 is 2.50 bits per heavy atom. The van der Waals surface area contributed by atoms with E-state index < -0.39 is 0 Å². The number of amides is 1. The molecule has 0 bridgehead atoms. The van der Waals surface area contributed by atoms with Crippen molar-refractivity contribution in [3.63, 3.8) is 0 Å². The smallest absolute Gasteiger partial charge is 0.253 e. The first-order chi connectivity index (χ1) is 7.69. The van der Waals surface area contributed by atoms with Gasteiger partial charge in [-0.2, -0.15) is 11.8 Å². The molecule has 0 aromatic heterocycles. The SMILES string of the molecule is CNc1ccc(C(=O)N(C)CCSC)cc1. The van der Waals surface area contributed by atoms with Crippen LogP contribution in [-0.2, 0) is 0 Å². The summed E-state index contributed by atoms with van der Waals surface area (Å²) in [6.45, 7) is 0.785. The fourth-order valence-corrected chi connectivity index (χ4v) is 1.79. The Labute approximate surface area is 101 Å². The lowest BCUT2D eigenvalue weighted by Crippen LogP contribution is -2.28. The summed E-state index contributed by atoms with van der Waals surface area (Å²) in [5.41, 5.74) is 1.76. The molecule has 0 aliphatic rings. The Morgan fingerprint density at radius 2 is 2.00 bits per heavy atom. The number of nitrogens with zero attached hydrogens (tertiary/aromatic N) is 1. The molecule has 0 heterocycles. The zero-order valence-corrected chi connectivity index (χ0v) is 10.8. The molecule has 0 unspecified atom stereocenters. The number of anilines is 1. The standard InChI is InChI=1S/C12H18N2OS/c1-13-11-6-4-10(5-7-11)12(15)14(2)8-9-16-3/h4-7,13H,8-9H2,1-3H3. The molecule has 0 saturated heterocycles. The first kappa shape index (κ1) is 12.9. The van der Waals surface area contributed by atoms with Crippen molar-refractivity contribution in [3.8, 4) is 0 Å². The van der Waals surface area contributed by atoms with E-state index in [0.29, 0.717) is 0 Å². The van der Waals surface area contributed by atoms with Crippen molar-refractivity contribution >= 4 is 23.4 Å². The average molecular weight is 238 g/mol. The number of carbonyl (C=O) groups is 1. The van der Waals surface area contributed by atoms with E-state index in [0.717, 1.165) is 23.5 Å². The van der Waals surface area contributed by atoms with Crippen LogP contribution in [0.5, 0.6) is 0 Å². The first-order valence-corrected chi connectivity index (χ1v) is 6.60. The number of rotatable bonds is 5. The van der Waals surface area contributed by atoms with Crippen LogP contribution >= 0.6 is 11.8 Å². The van der Waals surface area contributed by atoms with Gasteiger partial charge in [0.1, 0.15) is 0 Å². The van der Waals surface area contributed by atoms with E-state index in [4.69, 9.17) is 0 Å². The summed E-state index contributed by atoms with van der Waals surface area (Å²) in [5.74, 6) is 1.05. The monoisotopic (exact) mass is 238 g/mol. The van der Waals surface area contributed by atoms with Crippen LogP contribution in [0.1, 0.15) is 10.4 Å². The average Bonchev–Trinajstić information content (AvgIpc) is 2.35. The molecule has 0 aliphatic heterocycles. The van der Waals surface area contributed by atoms with Crippen molar-refractivity contribution in [2.75, 3.05) is 38.0 Å². The molecule has 88 valence electrons. The van der Waals surface area contributed by atoms with Crippen molar-refractivity contribution in [1.82, 2.24) is 4.90 Å². The minimum Gasteiger partial charge on any atom is -0.388 e. The van der Waals surface area contributed by atoms with Gasteiger partial charge in [0.15, 0.2) is 0 Å². The molecular formula is C12H18N2OS. The van der Waals surface area contributed by atoms with E-state index in [1.54, 1.807) is 16.7 Å². The van der Waals surface area contributed by atoms with Crippen molar-refractivity contribution in [1.29, 1.82) is 0 Å². The van der Waals surface area contributed by atoms with Crippen molar-refractivity contribution in [3.05, 3.63) is 29.8 Å². The zero-order chi connectivity index (χ0) is 12.0. The second kappa shape index (κ2) is 6.43. The zero-order valence-electron chi connectivity index (χ0n) is 9.99. The number of nitrogens with one attached hydrogen (secondary N) is 1. The van der Waals surface area contributed by atoms with Crippen LogP contribution in [-0.4, -0.2) is 43.5 Å². The number of thioether (sulfide) groups is 1. The molecule has 1 N–H and O–H groups in total. The van der Waals surface area contributed by atoms with Crippen LogP contribution in [0.4, 0.5) is 5.69 Å². The molecule has 0 saturated carbocycles. The van der Waals surface area contributed by atoms with Gasteiger partial charge in [0.25, 0.3) is 5.91 Å². The predicted octanol–water partition coefficient (Wildman–Crippen LogP) is 2.16. The molecule has 0 radical (unpaired) electrons. The highest BCUT2D eigenvalue weighted by Crippen LogP contribution is 2.10. The Kier molecular flexibility index (Phi) is 5.19. The van der Waals surface area contributed by atoms with E-state index in [2.05, 4.69) is 5.32 Å². The van der Waals surface area contributed by atoms with Crippen LogP contribution in [0.15, 0.2) is 24.3 Å². The largest absolute Gasteiger partial charge is 0.388 e. The van der Waals surface area contributed by atoms with Crippen LogP contribution < -0.4 is 5.32 Å². The van der Waals surface area contributed by atoms with Gasteiger partial charge in [-0.3, -0.25) is 4.79 Å². The maximum absolute atomic E-state index is 11.9. The van der Waals surface area contributed by atoms with Crippen LogP contribution in [0, 0.1) is 0 Å². The maximum Gasteiger partial charge on any atom is 0.253 e. The Hall–Kier alpha value is -1.16. The van der Waals surface area contributed by atoms with Crippen molar-refractivity contribution < 1.29 is 4.79 Å². The summed E-state index contributed by atoms with van der Waals surface area (Å²) >= 11 is 1.74. The number of hydrogen-bond acceptors (Lipinski definition) is 3. The fourth-order valence-electron chi connectivity index (χ4n) is 1.33. The van der Waals surface area contributed by atoms with Gasteiger partial charge in [0.2, 0.25) is 0 Å². The van der Waals surface area contributed by atoms with E-state index in [9.17, 15) is 4.79 Å². The molecule has 4 heteroatoms. The molecular weight excluding hydrogens is 220 g/mol. The van der Waals surface area contributed by atoms with Crippen molar-refractivity contribution in [2.45, 2.75) is 0 Å². The molecule has 1 amide bonds. The van der Waals surface area contributed by atoms with Gasteiger partial charge in [-0.05, 0) is 30.5 Å². The quantitative estimate of drug-likeness (QED) is 0.853. The van der Waals surface area contributed by atoms with Gasteiger partial charge in [0.05, 0.1) is 0 Å². The molecule has 0 aliphatic carbocycles. The minimum absolute atomic E-state index is 0.0803. The third-order valence-corrected chi connectivity index (χ3v) is 2.99. The first-order valence-electron chi connectivity index (χ1n) is 5.21. The van der Waals surface area contributed by atoms with Crippen LogP contribution in [0.2, 0.25) is 0 Å². The van der Waals surface area contributed by atoms with Crippen LogP contribution in [0.3, 0.4) is 0 Å². The normalized spacial score (nSPS) is 9.94. The van der Waals surface area contributed by atoms with Gasteiger partial charge < -0.3 is 10.2 Å². The highest BCUT2D eigenvalue weighted by molar-refractivity contribution is 7.98. The summed E-state index contributed by atoms with van der Waals surface area (Å²) in [7, 11) is 3.70. The van der Waals surface area contributed by atoms with Crippen molar-refractivity contribution in [2.24, 2.45) is 0 Å². The molecule has 0 atom stereocenters. The second-order valence-electron chi connectivity index (χ2n) is 3.55. The summed E-state index contributed by atoms with van der Waals surface area (Å²) in [6, 6.07) is 7.53. The molecule has 0 spiro atoms. The van der Waals surface area contributed by atoms with E-state index in [1.165, 1.54) is 0 Å². The number of carbonyl (C=O) groups excluding carboxylic acids is 1. The van der Waals surface area contributed by atoms with E-state index in [-0.39, 0.29) is 5.91 Å². The highest BCUT2D eigenvalue weighted by Gasteiger charge is 2.10. The van der Waals surface area contributed by atoms with Gasteiger partial charge in [-0.15, -0.1) is 0 Å². The molecule has 3 nitrogen and oxygen atoms in total. The Morgan fingerprint density at radius 1 is 1.38 bits per heavy atom. The predicted molar refractivity (Wildman–Crippen MR) is 71.3 cm³/mol. The second-order valence-corrected chi connectivity index (χ2v) is 4.53. The third kappa shape index (κ3) is 3.45. The third-order valence-electron chi connectivity index (χ3n) is 2.40. The molecule has 1 aromatic carbocycles. The van der Waals surface area contributed by atoms with Gasteiger partial charge >= 0.3 is 0 Å². The lowest BCUT2D eigenvalue weighted by atomic mass is 10.2. The van der Waals surface area contributed by atoms with Gasteiger partial charge in [-0.25, -0.2) is 0 Å². The summed E-state index contributed by atoms with van der Waals surface area (Å²) in [5, 5.41) is 3.03. The summed E-state index contributed by atoms with van der Waals surface area (Å²) in [6.07, 6.45) is 2.04.